The van der Waals surface area contributed by atoms with E-state index in [-0.39, 0.29) is 28.5 Å². The van der Waals surface area contributed by atoms with E-state index in [1.807, 2.05) is 13.8 Å². The molecule has 1 fully saturated rings. The van der Waals surface area contributed by atoms with E-state index >= 15 is 0 Å². The number of nitrogens with two attached hydrogens (primary N) is 2. The minimum atomic E-state index is -3.02. The van der Waals surface area contributed by atoms with Crippen molar-refractivity contribution < 1.29 is 22.6 Å². The summed E-state index contributed by atoms with van der Waals surface area (Å²) in [7, 11) is -5.89. The molecule has 9 nitrogen and oxygen atoms in total. The Morgan fingerprint density at radius 2 is 1.31 bits per heavy atom. The first-order valence-corrected chi connectivity index (χ1v) is 14.2. The molecule has 4 atom stereocenters. The molecule has 1 aliphatic rings. The van der Waals surface area contributed by atoms with Crippen molar-refractivity contribution in [2.75, 3.05) is 12.7 Å². The number of urea groups is 2. The number of amides is 4. The van der Waals surface area contributed by atoms with Crippen LogP contribution in [0.25, 0.3) is 0 Å². The van der Waals surface area contributed by atoms with Gasteiger partial charge in [0.05, 0.1) is 18.4 Å². The molecular formula is C18H40N4O5Si2. The number of nitrogens with one attached hydrogen (secondary N) is 2. The fraction of sp³-hybridized carbons (Fsp3) is 0.889. The highest BCUT2D eigenvalue weighted by Gasteiger charge is 2.63. The van der Waals surface area contributed by atoms with Crippen LogP contribution in [0.15, 0.2) is 0 Å². The highest BCUT2D eigenvalue weighted by Crippen LogP contribution is 2.50. The highest BCUT2D eigenvalue weighted by molar-refractivity contribution is 6.84. The molecule has 1 rings (SSSR count). The van der Waals surface area contributed by atoms with E-state index in [1.165, 1.54) is 0 Å². The van der Waals surface area contributed by atoms with Gasteiger partial charge in [-0.1, -0.05) is 41.5 Å². The lowest BCUT2D eigenvalue weighted by atomic mass is 10.2. The predicted molar refractivity (Wildman–Crippen MR) is 118 cm³/mol. The summed E-state index contributed by atoms with van der Waals surface area (Å²) >= 11 is 0. The maximum atomic E-state index is 11.5. The Balaban J connectivity index is 3.40. The van der Waals surface area contributed by atoms with Gasteiger partial charge in [0.25, 0.3) is 0 Å². The van der Waals surface area contributed by atoms with Crippen molar-refractivity contribution in [2.24, 2.45) is 11.5 Å². The summed E-state index contributed by atoms with van der Waals surface area (Å²) in [5.74, 6) is 0. The molecule has 1 saturated heterocycles. The minimum Gasteiger partial charge on any atom is -0.413 e. The average molecular weight is 449 g/mol. The van der Waals surface area contributed by atoms with E-state index < -0.39 is 29.2 Å². The number of rotatable bonds is 6. The van der Waals surface area contributed by atoms with Crippen LogP contribution < -0.4 is 22.1 Å². The third-order valence-corrected chi connectivity index (χ3v) is 15.9. The van der Waals surface area contributed by atoms with Crippen molar-refractivity contribution in [3.05, 3.63) is 0 Å². The molecule has 0 aliphatic carbocycles. The second-order valence-corrected chi connectivity index (χ2v) is 18.0. The summed E-state index contributed by atoms with van der Waals surface area (Å²) in [6.07, 6.45) is 0.550. The van der Waals surface area contributed by atoms with E-state index in [2.05, 4.69) is 52.2 Å². The summed E-state index contributed by atoms with van der Waals surface area (Å²) in [6, 6.07) is -0.486. The Bertz CT molecular complexity index is 596. The Morgan fingerprint density at radius 3 is 1.72 bits per heavy atom. The molecule has 11 heteroatoms. The number of hydrogen-bond donors (Lipinski definition) is 4. The first-order valence-electron chi connectivity index (χ1n) is 10.2. The van der Waals surface area contributed by atoms with Crippen molar-refractivity contribution in [1.82, 2.24) is 10.6 Å². The van der Waals surface area contributed by atoms with Crippen molar-refractivity contribution in [2.45, 2.75) is 90.1 Å². The van der Waals surface area contributed by atoms with Gasteiger partial charge < -0.3 is 35.1 Å². The smallest absolute Gasteiger partial charge is 0.355 e. The summed E-state index contributed by atoms with van der Waals surface area (Å²) in [4.78, 5) is 22.6. The molecular weight excluding hydrogens is 408 g/mol. The molecule has 1 heterocycles. The molecule has 0 spiro atoms. The summed E-state index contributed by atoms with van der Waals surface area (Å²) < 4.78 is 20.3. The zero-order valence-electron chi connectivity index (χ0n) is 19.2. The SMILES string of the molecule is CC1O[Si](CCCNC(N)=O)(C(C)(C)C)O[Si](CNC(N)=O)(C(C)(C)C)OC1C. The van der Waals surface area contributed by atoms with Crippen molar-refractivity contribution in [3.63, 3.8) is 0 Å². The molecule has 1 aliphatic heterocycles. The van der Waals surface area contributed by atoms with Gasteiger partial charge in [-0.15, -0.1) is 0 Å². The second-order valence-electron chi connectivity index (χ2n) is 9.87. The van der Waals surface area contributed by atoms with E-state index in [0.29, 0.717) is 19.0 Å². The minimum absolute atomic E-state index is 0.171. The van der Waals surface area contributed by atoms with Crippen molar-refractivity contribution in [3.8, 4) is 0 Å². The molecule has 0 radical (unpaired) electrons. The second kappa shape index (κ2) is 9.33. The Kier molecular flexibility index (Phi) is 8.33. The molecule has 0 saturated carbocycles. The predicted octanol–water partition coefficient (Wildman–Crippen LogP) is 2.58. The van der Waals surface area contributed by atoms with Crippen LogP contribution in [0.2, 0.25) is 16.1 Å². The fourth-order valence-electron chi connectivity index (χ4n) is 3.33. The zero-order valence-corrected chi connectivity index (χ0v) is 21.2. The highest BCUT2D eigenvalue weighted by atomic mass is 28.5. The molecule has 170 valence electrons. The lowest BCUT2D eigenvalue weighted by Crippen LogP contribution is -2.66. The fourth-order valence-corrected chi connectivity index (χ4v) is 13.8. The van der Waals surface area contributed by atoms with E-state index in [4.69, 9.17) is 24.4 Å². The van der Waals surface area contributed by atoms with Crippen LogP contribution in [-0.4, -0.2) is 54.1 Å². The van der Waals surface area contributed by atoms with Crippen LogP contribution in [0.4, 0.5) is 9.59 Å². The summed E-state index contributed by atoms with van der Waals surface area (Å²) in [5, 5.41) is 4.77. The molecule has 4 amide bonds. The number of primary amides is 2. The topological polar surface area (TPSA) is 138 Å². The lowest BCUT2D eigenvalue weighted by molar-refractivity contribution is 0.0667. The van der Waals surface area contributed by atoms with Crippen LogP contribution in [0.1, 0.15) is 61.8 Å². The Labute approximate surface area is 177 Å². The van der Waals surface area contributed by atoms with E-state index in [0.717, 1.165) is 0 Å². The molecule has 4 unspecified atom stereocenters. The first kappa shape index (κ1) is 25.9. The Morgan fingerprint density at radius 1 is 0.862 bits per heavy atom. The lowest BCUT2D eigenvalue weighted by Gasteiger charge is -2.49. The summed E-state index contributed by atoms with van der Waals surface area (Å²) in [5.41, 5.74) is 10.6. The maximum Gasteiger partial charge on any atom is 0.355 e. The van der Waals surface area contributed by atoms with Gasteiger partial charge in [-0.05, 0) is 26.3 Å². The van der Waals surface area contributed by atoms with Crippen LogP contribution >= 0.6 is 0 Å². The Hall–Kier alpha value is -1.15. The van der Waals surface area contributed by atoms with Gasteiger partial charge in [0.2, 0.25) is 0 Å². The largest absolute Gasteiger partial charge is 0.413 e. The van der Waals surface area contributed by atoms with Gasteiger partial charge in [0.15, 0.2) is 0 Å². The monoisotopic (exact) mass is 448 g/mol. The first-order chi connectivity index (χ1) is 13.1. The van der Waals surface area contributed by atoms with Gasteiger partial charge in [-0.3, -0.25) is 0 Å². The molecule has 0 aromatic carbocycles. The van der Waals surface area contributed by atoms with Gasteiger partial charge in [-0.2, -0.15) is 0 Å². The molecule has 6 N–H and O–H groups in total. The van der Waals surface area contributed by atoms with Crippen LogP contribution in [-0.2, 0) is 13.0 Å². The standard InChI is InChI=1S/C18H40N4O5Si2/c1-13-14(2)26-29(18(6,7)8,12-22-16(20)24)27-28(25-13,17(3,4)5)11-9-10-21-15(19)23/h13-14H,9-12H2,1-8H3,(H3,19,21,23)(H3,20,22,24). The van der Waals surface area contributed by atoms with E-state index in [9.17, 15) is 9.59 Å². The normalized spacial score (nSPS) is 31.0. The van der Waals surface area contributed by atoms with Crippen molar-refractivity contribution in [1.29, 1.82) is 0 Å². The third kappa shape index (κ3) is 6.41. The number of carbonyl (C=O) groups excluding carboxylic acids is 2. The van der Waals surface area contributed by atoms with Crippen molar-refractivity contribution >= 4 is 29.2 Å². The van der Waals surface area contributed by atoms with Gasteiger partial charge in [0, 0.05) is 16.6 Å². The van der Waals surface area contributed by atoms with E-state index in [1.54, 1.807) is 0 Å². The molecule has 0 aromatic heterocycles. The quantitative estimate of drug-likeness (QED) is 0.365. The molecule has 29 heavy (non-hydrogen) atoms. The van der Waals surface area contributed by atoms with Crippen LogP contribution in [0.3, 0.4) is 0 Å². The molecule has 0 aromatic rings. The molecule has 0 bridgehead atoms. The van der Waals surface area contributed by atoms with Crippen LogP contribution in [0, 0.1) is 0 Å². The zero-order chi connectivity index (χ0) is 22.7. The summed E-state index contributed by atoms with van der Waals surface area (Å²) in [6.45, 7) is 17.0. The van der Waals surface area contributed by atoms with Gasteiger partial charge >= 0.3 is 29.2 Å². The average Bonchev–Trinajstić information content (AvgIpc) is 2.64. The van der Waals surface area contributed by atoms with Gasteiger partial charge in [-0.25, -0.2) is 9.59 Å². The van der Waals surface area contributed by atoms with Gasteiger partial charge in [0.1, 0.15) is 0 Å². The maximum absolute atomic E-state index is 11.5. The van der Waals surface area contributed by atoms with Crippen LogP contribution in [0.5, 0.6) is 0 Å². The number of carbonyl (C=O) groups is 2. The number of hydrogen-bond acceptors (Lipinski definition) is 5. The third-order valence-electron chi connectivity index (χ3n) is 5.51.